The Hall–Kier alpha value is -1.12. The lowest BCUT2D eigenvalue weighted by Crippen LogP contribution is -2.44. The van der Waals surface area contributed by atoms with Crippen molar-refractivity contribution in [1.29, 1.82) is 5.26 Å². The normalized spacial score (nSPS) is 18.0. The summed E-state index contributed by atoms with van der Waals surface area (Å²) >= 11 is 0. The standard InChI is InChI=1S/C15H28N4O/c1-15(2,12-18(3)4)11-17-14(20)13-5-8-19(9-6-13)10-7-16/h13H,5-6,8-12H2,1-4H3,(H,17,20). The first-order valence-corrected chi connectivity index (χ1v) is 7.36. The molecule has 0 atom stereocenters. The van der Waals surface area contributed by atoms with Crippen LogP contribution in [0.15, 0.2) is 0 Å². The number of carbonyl (C=O) groups is 1. The number of nitriles is 1. The number of rotatable bonds is 6. The average molecular weight is 280 g/mol. The summed E-state index contributed by atoms with van der Waals surface area (Å²) in [5, 5.41) is 11.8. The second kappa shape index (κ2) is 7.61. The predicted octanol–water partition coefficient (Wildman–Crippen LogP) is 0.926. The fraction of sp³-hybridized carbons (Fsp3) is 0.867. The van der Waals surface area contributed by atoms with Crippen molar-refractivity contribution in [3.05, 3.63) is 0 Å². The smallest absolute Gasteiger partial charge is 0.223 e. The summed E-state index contributed by atoms with van der Waals surface area (Å²) in [6.45, 7) is 8.19. The van der Waals surface area contributed by atoms with Crippen molar-refractivity contribution < 1.29 is 4.79 Å². The van der Waals surface area contributed by atoms with Gasteiger partial charge in [-0.25, -0.2) is 0 Å². The Morgan fingerprint density at radius 1 is 1.40 bits per heavy atom. The summed E-state index contributed by atoms with van der Waals surface area (Å²) in [6.07, 6.45) is 1.73. The second-order valence-corrected chi connectivity index (χ2v) is 6.83. The second-order valence-electron chi connectivity index (χ2n) is 6.83. The number of likely N-dealkylation sites (tertiary alicyclic amines) is 1. The topological polar surface area (TPSA) is 59.4 Å². The summed E-state index contributed by atoms with van der Waals surface area (Å²) in [7, 11) is 4.10. The third-order valence-electron chi connectivity index (χ3n) is 3.74. The molecule has 5 nitrogen and oxygen atoms in total. The Morgan fingerprint density at radius 3 is 2.50 bits per heavy atom. The Balaban J connectivity index is 2.32. The zero-order valence-corrected chi connectivity index (χ0v) is 13.3. The monoisotopic (exact) mass is 280 g/mol. The van der Waals surface area contributed by atoms with Gasteiger partial charge in [-0.05, 0) is 45.4 Å². The van der Waals surface area contributed by atoms with Gasteiger partial charge in [0.15, 0.2) is 0 Å². The van der Waals surface area contributed by atoms with Gasteiger partial charge < -0.3 is 10.2 Å². The molecule has 114 valence electrons. The van der Waals surface area contributed by atoms with Gasteiger partial charge in [-0.1, -0.05) is 13.8 Å². The zero-order chi connectivity index (χ0) is 15.2. The minimum atomic E-state index is 0.0840. The van der Waals surface area contributed by atoms with Crippen LogP contribution >= 0.6 is 0 Å². The van der Waals surface area contributed by atoms with E-state index in [1.165, 1.54) is 0 Å². The molecule has 1 N–H and O–H groups in total. The van der Waals surface area contributed by atoms with Crippen LogP contribution in [0.5, 0.6) is 0 Å². The molecule has 1 saturated heterocycles. The van der Waals surface area contributed by atoms with Crippen molar-refractivity contribution >= 4 is 5.91 Å². The van der Waals surface area contributed by atoms with Crippen LogP contribution in [0.25, 0.3) is 0 Å². The highest BCUT2D eigenvalue weighted by atomic mass is 16.1. The van der Waals surface area contributed by atoms with Gasteiger partial charge in [0.05, 0.1) is 12.6 Å². The van der Waals surface area contributed by atoms with Crippen molar-refractivity contribution in [3.63, 3.8) is 0 Å². The van der Waals surface area contributed by atoms with E-state index < -0.39 is 0 Å². The SMILES string of the molecule is CN(C)CC(C)(C)CNC(=O)C1CCN(CC#N)CC1. The molecule has 1 aliphatic heterocycles. The van der Waals surface area contributed by atoms with Gasteiger partial charge in [-0.2, -0.15) is 5.26 Å². The van der Waals surface area contributed by atoms with E-state index in [1.807, 2.05) is 0 Å². The largest absolute Gasteiger partial charge is 0.355 e. The van der Waals surface area contributed by atoms with Gasteiger partial charge in [0.25, 0.3) is 0 Å². The Morgan fingerprint density at radius 2 is 2.00 bits per heavy atom. The molecular formula is C15H28N4O. The number of piperidine rings is 1. The van der Waals surface area contributed by atoms with Crippen LogP contribution in [-0.2, 0) is 4.79 Å². The predicted molar refractivity (Wildman–Crippen MR) is 80.1 cm³/mol. The molecule has 0 aromatic rings. The summed E-state index contributed by atoms with van der Waals surface area (Å²) in [5.41, 5.74) is 0.0840. The van der Waals surface area contributed by atoms with Gasteiger partial charge in [0, 0.05) is 19.0 Å². The quantitative estimate of drug-likeness (QED) is 0.735. The number of nitrogens with zero attached hydrogens (tertiary/aromatic N) is 3. The summed E-state index contributed by atoms with van der Waals surface area (Å²) in [5.74, 6) is 0.286. The first-order chi connectivity index (χ1) is 9.34. The van der Waals surface area contributed by atoms with Crippen LogP contribution < -0.4 is 5.32 Å². The van der Waals surface area contributed by atoms with Gasteiger partial charge in [-0.3, -0.25) is 9.69 Å². The van der Waals surface area contributed by atoms with Crippen molar-refractivity contribution in [2.24, 2.45) is 11.3 Å². The third kappa shape index (κ3) is 5.89. The molecule has 20 heavy (non-hydrogen) atoms. The lowest BCUT2D eigenvalue weighted by Gasteiger charge is -2.32. The van der Waals surface area contributed by atoms with Gasteiger partial charge in [0.1, 0.15) is 0 Å². The molecule has 1 rings (SSSR count). The van der Waals surface area contributed by atoms with Gasteiger partial charge >= 0.3 is 0 Å². The fourth-order valence-electron chi connectivity index (χ4n) is 2.84. The molecule has 0 aromatic carbocycles. The molecule has 0 saturated carbocycles. The molecule has 0 unspecified atom stereocenters. The lowest BCUT2D eigenvalue weighted by molar-refractivity contribution is -0.126. The number of amides is 1. The number of nitrogens with one attached hydrogen (secondary N) is 1. The number of carbonyl (C=O) groups excluding carboxylic acids is 1. The molecule has 0 radical (unpaired) electrons. The maximum absolute atomic E-state index is 12.2. The Kier molecular flexibility index (Phi) is 6.44. The number of hydrogen-bond acceptors (Lipinski definition) is 4. The van der Waals surface area contributed by atoms with E-state index in [0.717, 1.165) is 32.5 Å². The van der Waals surface area contributed by atoms with E-state index in [9.17, 15) is 4.79 Å². The molecule has 5 heteroatoms. The average Bonchev–Trinajstić information content (AvgIpc) is 2.36. The fourth-order valence-corrected chi connectivity index (χ4v) is 2.84. The highest BCUT2D eigenvalue weighted by molar-refractivity contribution is 5.78. The zero-order valence-electron chi connectivity index (χ0n) is 13.3. The molecular weight excluding hydrogens is 252 g/mol. The molecule has 0 aromatic heterocycles. The first kappa shape index (κ1) is 16.9. The molecule has 0 aliphatic carbocycles. The highest BCUT2D eigenvalue weighted by Gasteiger charge is 2.26. The Bertz CT molecular complexity index is 351. The van der Waals surface area contributed by atoms with Gasteiger partial charge in [0.2, 0.25) is 5.91 Å². The molecule has 0 bridgehead atoms. The van der Waals surface area contributed by atoms with Crippen LogP contribution in [-0.4, -0.2) is 62.5 Å². The molecule has 1 heterocycles. The summed E-state index contributed by atoms with van der Waals surface area (Å²) < 4.78 is 0. The first-order valence-electron chi connectivity index (χ1n) is 7.36. The van der Waals surface area contributed by atoms with Crippen molar-refractivity contribution in [2.75, 3.05) is 46.8 Å². The molecule has 1 amide bonds. The third-order valence-corrected chi connectivity index (χ3v) is 3.74. The molecule has 1 aliphatic rings. The van der Waals surface area contributed by atoms with Crippen molar-refractivity contribution in [3.8, 4) is 6.07 Å². The van der Waals surface area contributed by atoms with Crippen LogP contribution in [0.4, 0.5) is 0 Å². The van der Waals surface area contributed by atoms with E-state index in [1.54, 1.807) is 0 Å². The highest BCUT2D eigenvalue weighted by Crippen LogP contribution is 2.18. The minimum Gasteiger partial charge on any atom is -0.355 e. The van der Waals surface area contributed by atoms with Gasteiger partial charge in [-0.15, -0.1) is 0 Å². The maximum atomic E-state index is 12.2. The van der Waals surface area contributed by atoms with E-state index in [0.29, 0.717) is 13.1 Å². The Labute approximate surface area is 122 Å². The minimum absolute atomic E-state index is 0.0840. The van der Waals surface area contributed by atoms with E-state index in [2.05, 4.69) is 49.1 Å². The van der Waals surface area contributed by atoms with Crippen LogP contribution in [0.1, 0.15) is 26.7 Å². The summed E-state index contributed by atoms with van der Waals surface area (Å²) in [6, 6.07) is 2.17. The van der Waals surface area contributed by atoms with Crippen LogP contribution in [0.2, 0.25) is 0 Å². The van der Waals surface area contributed by atoms with Crippen LogP contribution in [0.3, 0.4) is 0 Å². The lowest BCUT2D eigenvalue weighted by atomic mass is 9.91. The van der Waals surface area contributed by atoms with E-state index >= 15 is 0 Å². The molecule has 1 fully saturated rings. The number of hydrogen-bond donors (Lipinski definition) is 1. The van der Waals surface area contributed by atoms with E-state index in [-0.39, 0.29) is 17.2 Å². The van der Waals surface area contributed by atoms with E-state index in [4.69, 9.17) is 5.26 Å². The molecule has 0 spiro atoms. The maximum Gasteiger partial charge on any atom is 0.223 e. The van der Waals surface area contributed by atoms with Crippen molar-refractivity contribution in [2.45, 2.75) is 26.7 Å². The summed E-state index contributed by atoms with van der Waals surface area (Å²) in [4.78, 5) is 16.4. The van der Waals surface area contributed by atoms with Crippen molar-refractivity contribution in [1.82, 2.24) is 15.1 Å². The van der Waals surface area contributed by atoms with Crippen LogP contribution in [0, 0.1) is 22.7 Å².